The fourth-order valence-corrected chi connectivity index (χ4v) is 2.17. The molecule has 0 bridgehead atoms. The molecule has 3 aromatic rings. The van der Waals surface area contributed by atoms with Gasteiger partial charge >= 0.3 is 5.69 Å². The van der Waals surface area contributed by atoms with Crippen LogP contribution in [0.5, 0.6) is 5.75 Å². The van der Waals surface area contributed by atoms with E-state index in [1.54, 1.807) is 30.3 Å². The normalized spacial score (nSPS) is 10.6. The van der Waals surface area contributed by atoms with E-state index in [9.17, 15) is 14.5 Å². The Balaban J connectivity index is 1.75. The molecule has 8 heteroatoms. The Morgan fingerprint density at radius 1 is 1.21 bits per heavy atom. The van der Waals surface area contributed by atoms with E-state index in [1.165, 1.54) is 0 Å². The lowest BCUT2D eigenvalue weighted by molar-refractivity contribution is -0.386. The molecule has 0 radical (unpaired) electrons. The zero-order valence-electron chi connectivity index (χ0n) is 12.1. The number of ether oxygens (including phenoxy) is 1. The molecule has 0 atom stereocenters. The number of hydrogen-bond donors (Lipinski definition) is 0. The van der Waals surface area contributed by atoms with Gasteiger partial charge < -0.3 is 9.26 Å². The predicted octanol–water partition coefficient (Wildman–Crippen LogP) is 4.62. The summed E-state index contributed by atoms with van der Waals surface area (Å²) in [5.41, 5.74) is 1.04. The van der Waals surface area contributed by atoms with Crippen LogP contribution in [0.2, 0.25) is 5.02 Å². The number of halogens is 2. The molecule has 0 unspecified atom stereocenters. The summed E-state index contributed by atoms with van der Waals surface area (Å²) >= 11 is 5.83. The average molecular weight is 349 g/mol. The van der Waals surface area contributed by atoms with Crippen molar-refractivity contribution in [1.29, 1.82) is 0 Å². The van der Waals surface area contributed by atoms with Gasteiger partial charge in [0.25, 0.3) is 0 Å². The molecule has 122 valence electrons. The van der Waals surface area contributed by atoms with Crippen molar-refractivity contribution in [2.24, 2.45) is 0 Å². The molecule has 0 aliphatic heterocycles. The first-order valence-electron chi connectivity index (χ1n) is 6.81. The highest BCUT2D eigenvalue weighted by molar-refractivity contribution is 6.30. The standard InChI is InChI=1S/C16H10ClFN2O4/c17-11-3-1-10(2-4-11)14-8-13(24-19-14)9-23-16-7-12(18)5-6-15(16)20(21)22/h1-8H,9H2. The van der Waals surface area contributed by atoms with Gasteiger partial charge in [-0.2, -0.15) is 0 Å². The zero-order chi connectivity index (χ0) is 17.1. The molecule has 3 rings (SSSR count). The topological polar surface area (TPSA) is 78.4 Å². The monoisotopic (exact) mass is 348 g/mol. The van der Waals surface area contributed by atoms with Gasteiger partial charge in [0.05, 0.1) is 4.92 Å². The van der Waals surface area contributed by atoms with Gasteiger partial charge in [-0.25, -0.2) is 4.39 Å². The third-order valence-electron chi connectivity index (χ3n) is 3.19. The predicted molar refractivity (Wildman–Crippen MR) is 84.3 cm³/mol. The molecule has 1 heterocycles. The number of hydrogen-bond acceptors (Lipinski definition) is 5. The second kappa shape index (κ2) is 6.67. The maximum atomic E-state index is 13.2. The van der Waals surface area contributed by atoms with E-state index in [1.807, 2.05) is 0 Å². The first-order valence-corrected chi connectivity index (χ1v) is 7.19. The molecule has 0 fully saturated rings. The van der Waals surface area contributed by atoms with Gasteiger partial charge in [0, 0.05) is 28.8 Å². The van der Waals surface area contributed by atoms with Crippen LogP contribution < -0.4 is 4.74 Å². The maximum Gasteiger partial charge on any atom is 0.311 e. The molecule has 0 amide bonds. The van der Waals surface area contributed by atoms with Crippen molar-refractivity contribution in [3.8, 4) is 17.0 Å². The first-order chi connectivity index (χ1) is 11.5. The van der Waals surface area contributed by atoms with Crippen LogP contribution >= 0.6 is 11.6 Å². The molecule has 24 heavy (non-hydrogen) atoms. The molecule has 6 nitrogen and oxygen atoms in total. The molecule has 0 saturated heterocycles. The highest BCUT2D eigenvalue weighted by Gasteiger charge is 2.17. The van der Waals surface area contributed by atoms with Crippen molar-refractivity contribution in [3.05, 3.63) is 75.2 Å². The fraction of sp³-hybridized carbons (Fsp3) is 0.0625. The minimum Gasteiger partial charge on any atom is -0.478 e. The van der Waals surface area contributed by atoms with Gasteiger partial charge in [0.1, 0.15) is 18.1 Å². The van der Waals surface area contributed by atoms with Gasteiger partial charge in [0.2, 0.25) is 0 Å². The second-order valence-electron chi connectivity index (χ2n) is 4.84. The quantitative estimate of drug-likeness (QED) is 0.496. The van der Waals surface area contributed by atoms with Gasteiger partial charge in [0.15, 0.2) is 11.5 Å². The minimum atomic E-state index is -0.645. The smallest absolute Gasteiger partial charge is 0.311 e. The van der Waals surface area contributed by atoms with E-state index in [4.69, 9.17) is 20.9 Å². The first kappa shape index (κ1) is 15.9. The van der Waals surface area contributed by atoms with Crippen LogP contribution in [0.15, 0.2) is 53.1 Å². The number of nitro benzene ring substituents is 1. The van der Waals surface area contributed by atoms with Crippen LogP contribution in [0, 0.1) is 15.9 Å². The van der Waals surface area contributed by atoms with Gasteiger partial charge in [-0.3, -0.25) is 10.1 Å². The fourth-order valence-electron chi connectivity index (χ4n) is 2.04. The number of nitro groups is 1. The van der Waals surface area contributed by atoms with Crippen molar-refractivity contribution in [2.75, 3.05) is 0 Å². The Kier molecular flexibility index (Phi) is 4.43. The molecule has 0 spiro atoms. The Morgan fingerprint density at radius 2 is 1.96 bits per heavy atom. The Labute approximate surface area is 140 Å². The second-order valence-corrected chi connectivity index (χ2v) is 5.28. The molecular formula is C16H10ClFN2O4. The lowest BCUT2D eigenvalue weighted by Gasteiger charge is -2.04. The zero-order valence-corrected chi connectivity index (χ0v) is 12.9. The Hall–Kier alpha value is -2.93. The van der Waals surface area contributed by atoms with Crippen molar-refractivity contribution in [1.82, 2.24) is 5.16 Å². The van der Waals surface area contributed by atoms with Crippen LogP contribution in [-0.4, -0.2) is 10.1 Å². The molecule has 0 saturated carbocycles. The summed E-state index contributed by atoms with van der Waals surface area (Å²) in [6.07, 6.45) is 0. The number of benzene rings is 2. The average Bonchev–Trinajstić information content (AvgIpc) is 3.02. The number of rotatable bonds is 5. The van der Waals surface area contributed by atoms with E-state index in [0.717, 1.165) is 23.8 Å². The van der Waals surface area contributed by atoms with Crippen molar-refractivity contribution in [2.45, 2.75) is 6.61 Å². The summed E-state index contributed by atoms with van der Waals surface area (Å²) < 4.78 is 23.7. The van der Waals surface area contributed by atoms with Crippen molar-refractivity contribution < 1.29 is 18.6 Å². The number of nitrogens with zero attached hydrogens (tertiary/aromatic N) is 2. The van der Waals surface area contributed by atoms with E-state index < -0.39 is 10.7 Å². The van der Waals surface area contributed by atoms with Gasteiger partial charge in [-0.15, -0.1) is 0 Å². The molecule has 0 aliphatic rings. The Bertz CT molecular complexity index is 880. The van der Waals surface area contributed by atoms with Gasteiger partial charge in [-0.05, 0) is 18.2 Å². The minimum absolute atomic E-state index is 0.120. The summed E-state index contributed by atoms with van der Waals surface area (Å²) in [5.74, 6) is -0.460. The summed E-state index contributed by atoms with van der Waals surface area (Å²) in [6.45, 7) is -0.120. The molecule has 2 aromatic carbocycles. The summed E-state index contributed by atoms with van der Waals surface area (Å²) in [4.78, 5) is 10.3. The van der Waals surface area contributed by atoms with Crippen LogP contribution in [0.1, 0.15) is 5.76 Å². The lowest BCUT2D eigenvalue weighted by Crippen LogP contribution is -1.99. The van der Waals surface area contributed by atoms with Crippen molar-refractivity contribution >= 4 is 17.3 Å². The molecule has 1 aromatic heterocycles. The third kappa shape index (κ3) is 3.52. The largest absolute Gasteiger partial charge is 0.478 e. The van der Waals surface area contributed by atoms with E-state index in [-0.39, 0.29) is 18.0 Å². The summed E-state index contributed by atoms with van der Waals surface area (Å²) in [7, 11) is 0. The SMILES string of the molecule is O=[N+]([O-])c1ccc(F)cc1OCc1cc(-c2ccc(Cl)cc2)no1. The highest BCUT2D eigenvalue weighted by atomic mass is 35.5. The van der Waals surface area contributed by atoms with E-state index >= 15 is 0 Å². The van der Waals surface area contributed by atoms with E-state index in [0.29, 0.717) is 16.5 Å². The molecule has 0 aliphatic carbocycles. The van der Waals surface area contributed by atoms with Gasteiger partial charge in [-0.1, -0.05) is 28.9 Å². The molecule has 0 N–H and O–H groups in total. The van der Waals surface area contributed by atoms with Crippen LogP contribution in [0.25, 0.3) is 11.3 Å². The lowest BCUT2D eigenvalue weighted by atomic mass is 10.1. The Morgan fingerprint density at radius 3 is 2.67 bits per heavy atom. The van der Waals surface area contributed by atoms with Crippen LogP contribution in [0.4, 0.5) is 10.1 Å². The van der Waals surface area contributed by atoms with E-state index in [2.05, 4.69) is 5.16 Å². The van der Waals surface area contributed by atoms with Crippen LogP contribution in [0.3, 0.4) is 0 Å². The van der Waals surface area contributed by atoms with Crippen molar-refractivity contribution in [3.63, 3.8) is 0 Å². The summed E-state index contributed by atoms with van der Waals surface area (Å²) in [6, 6.07) is 11.6. The maximum absolute atomic E-state index is 13.2. The third-order valence-corrected chi connectivity index (χ3v) is 3.44. The highest BCUT2D eigenvalue weighted by Crippen LogP contribution is 2.29. The van der Waals surface area contributed by atoms with Crippen LogP contribution in [-0.2, 0) is 6.61 Å². The number of aromatic nitrogens is 1. The summed E-state index contributed by atoms with van der Waals surface area (Å²) in [5, 5.41) is 15.4. The molecular weight excluding hydrogens is 339 g/mol.